The summed E-state index contributed by atoms with van der Waals surface area (Å²) in [5, 5.41) is 2.70. The number of imidazole rings is 1. The summed E-state index contributed by atoms with van der Waals surface area (Å²) in [5.41, 5.74) is 1.65. The van der Waals surface area contributed by atoms with E-state index in [1.165, 1.54) is 0 Å². The van der Waals surface area contributed by atoms with Crippen LogP contribution >= 0.6 is 0 Å². The van der Waals surface area contributed by atoms with Gasteiger partial charge in [-0.3, -0.25) is 15.0 Å². The van der Waals surface area contributed by atoms with E-state index in [-0.39, 0.29) is 24.0 Å². The Morgan fingerprint density at radius 3 is 2.71 bits per heavy atom. The highest BCUT2D eigenvalue weighted by molar-refractivity contribution is 7.91. The molecule has 2 aromatic rings. The normalized spacial score (nSPS) is 18.7. The average Bonchev–Trinajstić information content (AvgIpc) is 2.83. The number of fused-ring (bicyclic) bond motifs is 1. The summed E-state index contributed by atoms with van der Waals surface area (Å²) in [4.78, 5) is 21.1. The predicted octanol–water partition coefficient (Wildman–Crippen LogP) is 0.232. The van der Waals surface area contributed by atoms with Gasteiger partial charge in [0.05, 0.1) is 29.1 Å². The quantitative estimate of drug-likeness (QED) is 0.846. The lowest BCUT2D eigenvalue weighted by Gasteiger charge is -2.25. The van der Waals surface area contributed by atoms with Crippen molar-refractivity contribution in [1.29, 1.82) is 0 Å². The number of nitrogens with one attached hydrogen (secondary N) is 2. The van der Waals surface area contributed by atoms with Crippen LogP contribution in [0.15, 0.2) is 24.3 Å². The number of hydrogen-bond acceptors (Lipinski definition) is 5. The predicted molar refractivity (Wildman–Crippen MR) is 79.8 cm³/mol. The van der Waals surface area contributed by atoms with Crippen molar-refractivity contribution in [3.8, 4) is 0 Å². The molecule has 0 atom stereocenters. The van der Waals surface area contributed by atoms with E-state index >= 15 is 0 Å². The summed E-state index contributed by atoms with van der Waals surface area (Å²) in [6.45, 7) is 0.971. The summed E-state index contributed by atoms with van der Waals surface area (Å²) in [6.07, 6.45) is 0. The molecule has 1 aliphatic heterocycles. The first-order chi connectivity index (χ1) is 10.0. The van der Waals surface area contributed by atoms with Gasteiger partial charge >= 0.3 is 0 Å². The minimum atomic E-state index is -2.92. The van der Waals surface area contributed by atoms with Crippen molar-refractivity contribution < 1.29 is 13.2 Å². The third-order valence-corrected chi connectivity index (χ3v) is 5.06. The lowest BCUT2D eigenvalue weighted by Crippen LogP contribution is -2.43. The Hall–Kier alpha value is -1.93. The largest absolute Gasteiger partial charge is 0.324 e. The second kappa shape index (κ2) is 5.45. The summed E-state index contributed by atoms with van der Waals surface area (Å²) < 4.78 is 22.7. The fourth-order valence-electron chi connectivity index (χ4n) is 2.30. The summed E-state index contributed by atoms with van der Waals surface area (Å²) in [6, 6.07) is 7.51. The van der Waals surface area contributed by atoms with Gasteiger partial charge in [0, 0.05) is 13.1 Å². The van der Waals surface area contributed by atoms with E-state index in [1.54, 1.807) is 0 Å². The molecular formula is C13H16N4O3S. The lowest BCUT2D eigenvalue weighted by atomic mass is 10.3. The van der Waals surface area contributed by atoms with Crippen molar-refractivity contribution in [2.75, 3.05) is 36.5 Å². The highest BCUT2D eigenvalue weighted by atomic mass is 32.2. The number of aromatic amines is 1. The van der Waals surface area contributed by atoms with Crippen molar-refractivity contribution in [2.45, 2.75) is 0 Å². The number of rotatable bonds is 3. The van der Waals surface area contributed by atoms with Crippen LogP contribution in [0.3, 0.4) is 0 Å². The molecule has 21 heavy (non-hydrogen) atoms. The molecule has 2 N–H and O–H groups in total. The molecule has 7 nitrogen and oxygen atoms in total. The third kappa shape index (κ3) is 3.40. The van der Waals surface area contributed by atoms with E-state index in [0.717, 1.165) is 11.0 Å². The zero-order chi connectivity index (χ0) is 14.9. The minimum Gasteiger partial charge on any atom is -0.324 e. The number of carbonyl (C=O) groups excluding carboxylic acids is 1. The standard InChI is InChI=1S/C13H16N4O3S/c18-12(9-17-5-7-21(19,20)8-6-17)16-13-14-10-3-1-2-4-11(10)15-13/h1-4H,5-9H2,(H2,14,15,16,18). The number of carbonyl (C=O) groups is 1. The molecule has 1 aromatic carbocycles. The van der Waals surface area contributed by atoms with Crippen LogP contribution in [-0.4, -0.2) is 60.3 Å². The molecule has 3 rings (SSSR count). The van der Waals surface area contributed by atoms with Crippen LogP contribution < -0.4 is 5.32 Å². The molecule has 0 aliphatic carbocycles. The van der Waals surface area contributed by atoms with Crippen LogP contribution in [0.4, 0.5) is 5.95 Å². The Morgan fingerprint density at radius 1 is 1.29 bits per heavy atom. The molecule has 112 valence electrons. The van der Waals surface area contributed by atoms with Crippen LogP contribution in [0.1, 0.15) is 0 Å². The van der Waals surface area contributed by atoms with Gasteiger partial charge < -0.3 is 4.98 Å². The topological polar surface area (TPSA) is 95.2 Å². The van der Waals surface area contributed by atoms with E-state index in [9.17, 15) is 13.2 Å². The fraction of sp³-hybridized carbons (Fsp3) is 0.385. The number of H-pyrrole nitrogens is 1. The van der Waals surface area contributed by atoms with Gasteiger partial charge in [-0.2, -0.15) is 0 Å². The molecule has 0 saturated carbocycles. The first-order valence-corrected chi connectivity index (χ1v) is 8.51. The number of aromatic nitrogens is 2. The number of anilines is 1. The molecule has 0 spiro atoms. The maximum Gasteiger partial charge on any atom is 0.240 e. The van der Waals surface area contributed by atoms with Gasteiger partial charge in [-0.05, 0) is 12.1 Å². The number of amides is 1. The third-order valence-electron chi connectivity index (χ3n) is 3.45. The Labute approximate surface area is 122 Å². The van der Waals surface area contributed by atoms with Crippen LogP contribution in [0.2, 0.25) is 0 Å². The van der Waals surface area contributed by atoms with Crippen molar-refractivity contribution in [3.63, 3.8) is 0 Å². The van der Waals surface area contributed by atoms with Crippen molar-refractivity contribution in [1.82, 2.24) is 14.9 Å². The van der Waals surface area contributed by atoms with Gasteiger partial charge in [0.1, 0.15) is 0 Å². The van der Waals surface area contributed by atoms with Gasteiger partial charge in [-0.15, -0.1) is 0 Å². The lowest BCUT2D eigenvalue weighted by molar-refractivity contribution is -0.117. The Bertz CT molecular complexity index is 722. The second-order valence-electron chi connectivity index (χ2n) is 5.08. The molecule has 1 fully saturated rings. The van der Waals surface area contributed by atoms with E-state index in [4.69, 9.17) is 0 Å². The maximum atomic E-state index is 12.0. The Balaban J connectivity index is 1.59. The molecule has 0 bridgehead atoms. The SMILES string of the molecule is O=C(CN1CCS(=O)(=O)CC1)Nc1nc2ccccc2[nH]1. The molecule has 2 heterocycles. The van der Waals surface area contributed by atoms with E-state index in [2.05, 4.69) is 15.3 Å². The summed E-state index contributed by atoms with van der Waals surface area (Å²) in [5.74, 6) is 0.440. The van der Waals surface area contributed by atoms with Crippen molar-refractivity contribution >= 4 is 32.7 Å². The second-order valence-corrected chi connectivity index (χ2v) is 7.38. The smallest absolute Gasteiger partial charge is 0.240 e. The highest BCUT2D eigenvalue weighted by Gasteiger charge is 2.23. The van der Waals surface area contributed by atoms with Crippen LogP contribution in [0, 0.1) is 0 Å². The average molecular weight is 308 g/mol. The van der Waals surface area contributed by atoms with Crippen molar-refractivity contribution in [3.05, 3.63) is 24.3 Å². The summed E-state index contributed by atoms with van der Waals surface area (Å²) in [7, 11) is -2.92. The van der Waals surface area contributed by atoms with Gasteiger partial charge in [-0.25, -0.2) is 13.4 Å². The van der Waals surface area contributed by atoms with E-state index in [1.807, 2.05) is 29.2 Å². The fourth-order valence-corrected chi connectivity index (χ4v) is 3.57. The minimum absolute atomic E-state index is 0.116. The number of nitrogens with zero attached hydrogens (tertiary/aromatic N) is 2. The Morgan fingerprint density at radius 2 is 2.00 bits per heavy atom. The Kier molecular flexibility index (Phi) is 3.64. The molecule has 0 radical (unpaired) electrons. The zero-order valence-electron chi connectivity index (χ0n) is 11.4. The molecule has 1 aliphatic rings. The van der Waals surface area contributed by atoms with Crippen LogP contribution in [0.25, 0.3) is 11.0 Å². The number of benzene rings is 1. The maximum absolute atomic E-state index is 12.0. The molecule has 1 amide bonds. The zero-order valence-corrected chi connectivity index (χ0v) is 12.2. The summed E-state index contributed by atoms with van der Waals surface area (Å²) >= 11 is 0. The van der Waals surface area contributed by atoms with Gasteiger partial charge in [-0.1, -0.05) is 12.1 Å². The number of sulfone groups is 1. The first-order valence-electron chi connectivity index (χ1n) is 6.69. The van der Waals surface area contributed by atoms with E-state index < -0.39 is 9.84 Å². The molecule has 0 unspecified atom stereocenters. The highest BCUT2D eigenvalue weighted by Crippen LogP contribution is 2.13. The number of para-hydroxylation sites is 2. The first kappa shape index (κ1) is 14.0. The van der Waals surface area contributed by atoms with Gasteiger partial charge in [0.2, 0.25) is 11.9 Å². The van der Waals surface area contributed by atoms with E-state index in [0.29, 0.717) is 19.0 Å². The van der Waals surface area contributed by atoms with Crippen LogP contribution in [-0.2, 0) is 14.6 Å². The number of hydrogen-bond donors (Lipinski definition) is 2. The van der Waals surface area contributed by atoms with Gasteiger partial charge in [0.15, 0.2) is 9.84 Å². The molecule has 1 aromatic heterocycles. The monoisotopic (exact) mass is 308 g/mol. The molecule has 1 saturated heterocycles. The van der Waals surface area contributed by atoms with Crippen LogP contribution in [0.5, 0.6) is 0 Å². The van der Waals surface area contributed by atoms with Crippen molar-refractivity contribution in [2.24, 2.45) is 0 Å². The molecular weight excluding hydrogens is 292 g/mol. The van der Waals surface area contributed by atoms with Gasteiger partial charge in [0.25, 0.3) is 0 Å². The molecule has 8 heteroatoms.